The van der Waals surface area contributed by atoms with E-state index in [1.165, 1.54) is 44.1 Å². The first-order chi connectivity index (χ1) is 19.2. The zero-order chi connectivity index (χ0) is 29.4. The van der Waals surface area contributed by atoms with Gasteiger partial charge in [-0.2, -0.15) is 0 Å². The number of nitrogen functional groups attached to an aromatic ring is 1. The molecule has 0 aliphatic carbocycles. The van der Waals surface area contributed by atoms with E-state index in [1.807, 2.05) is 0 Å². The Balaban J connectivity index is 1.62. The molecule has 1 aromatic heterocycles. The summed E-state index contributed by atoms with van der Waals surface area (Å²) in [6.07, 6.45) is 1.03. The van der Waals surface area contributed by atoms with E-state index in [1.54, 1.807) is 19.2 Å². The maximum Gasteiger partial charge on any atom is 0.355 e. The Morgan fingerprint density at radius 2 is 2.02 bits per heavy atom. The number of aromatic nitrogens is 1. The number of thioether (sulfide) groups is 1. The zero-order valence-electron chi connectivity index (χ0n) is 22.6. The van der Waals surface area contributed by atoms with E-state index >= 15 is 0 Å². The highest BCUT2D eigenvalue weighted by molar-refractivity contribution is 8.00. The van der Waals surface area contributed by atoms with Crippen LogP contribution in [-0.4, -0.2) is 104 Å². The molecule has 3 heterocycles. The smallest absolute Gasteiger partial charge is 0.355 e. The van der Waals surface area contributed by atoms with E-state index in [0.717, 1.165) is 11.3 Å². The molecule has 0 radical (unpaired) electrons. The molecule has 0 spiro atoms. The molecule has 1 unspecified atom stereocenters. The number of anilines is 1. The van der Waals surface area contributed by atoms with Crippen LogP contribution in [0.15, 0.2) is 33.5 Å². The molecule has 3 N–H and O–H groups in total. The van der Waals surface area contributed by atoms with Crippen LogP contribution < -0.4 is 11.1 Å². The summed E-state index contributed by atoms with van der Waals surface area (Å²) in [6, 6.07) is -0.923. The first kappa shape index (κ1) is 31.1. The number of carbonyl (C=O) groups is 4. The van der Waals surface area contributed by atoms with Crippen LogP contribution in [-0.2, 0) is 43.0 Å². The minimum atomic E-state index is -0.923. The number of β-lactam (4-membered cyclic amide) rings is 1. The molecule has 1 fully saturated rings. The molecule has 0 bridgehead atoms. The molecule has 2 amide bonds. The predicted molar refractivity (Wildman–Crippen MR) is 146 cm³/mol. The predicted octanol–water partition coefficient (Wildman–Crippen LogP) is 0.444. The Bertz CT molecular complexity index is 1230. The van der Waals surface area contributed by atoms with Crippen molar-refractivity contribution in [2.24, 2.45) is 5.16 Å². The second-order valence-electron chi connectivity index (χ2n) is 8.48. The standard InChI is InChI=1S/C24H31N5O9S2/c1-6-13(22(32)38-9-14(35-4)8-34-3)7-37-23(33)18-12(2)10-39-21-17(20(31)29(18)21)27-19(30)16(28-36-5)15-11-40-24(25)26-15/h6,11,14,17,21H,7-10H2,1-5H3,(H2,25,26)(H,27,30)/b13-6+,28-16-/t14?,17-,21-/m1/s1. The van der Waals surface area contributed by atoms with Gasteiger partial charge in [0.1, 0.15) is 49.2 Å². The lowest BCUT2D eigenvalue weighted by atomic mass is 10.0. The number of esters is 2. The topological polar surface area (TPSA) is 181 Å². The van der Waals surface area contributed by atoms with E-state index in [2.05, 4.69) is 15.5 Å². The highest BCUT2D eigenvalue weighted by atomic mass is 32.2. The molecule has 3 atom stereocenters. The number of allylic oxidation sites excluding steroid dienone is 1. The maximum absolute atomic E-state index is 13.1. The summed E-state index contributed by atoms with van der Waals surface area (Å²) in [6.45, 7) is 3.15. The number of methoxy groups -OCH3 is 2. The monoisotopic (exact) mass is 597 g/mol. The van der Waals surface area contributed by atoms with Gasteiger partial charge in [0.25, 0.3) is 11.8 Å². The number of nitrogens with one attached hydrogen (secondary N) is 1. The Morgan fingerprint density at radius 1 is 1.27 bits per heavy atom. The van der Waals surface area contributed by atoms with Crippen LogP contribution in [0.5, 0.6) is 0 Å². The van der Waals surface area contributed by atoms with E-state index in [-0.39, 0.29) is 47.6 Å². The Hall–Kier alpha value is -3.47. The Kier molecular flexibility index (Phi) is 11.1. The van der Waals surface area contributed by atoms with Gasteiger partial charge in [-0.25, -0.2) is 14.6 Å². The molecule has 0 saturated carbocycles. The van der Waals surface area contributed by atoms with Crippen molar-refractivity contribution in [3.8, 4) is 0 Å². The number of amides is 2. The van der Waals surface area contributed by atoms with Gasteiger partial charge in [-0.15, -0.1) is 23.1 Å². The van der Waals surface area contributed by atoms with Crippen LogP contribution in [0.4, 0.5) is 5.13 Å². The number of carbonyl (C=O) groups excluding carboxylic acids is 4. The lowest BCUT2D eigenvalue weighted by molar-refractivity contribution is -0.153. The van der Waals surface area contributed by atoms with Crippen molar-refractivity contribution in [1.82, 2.24) is 15.2 Å². The zero-order valence-corrected chi connectivity index (χ0v) is 24.3. The molecule has 1 saturated heterocycles. The average Bonchev–Trinajstić information content (AvgIpc) is 3.37. The van der Waals surface area contributed by atoms with Gasteiger partial charge in [0, 0.05) is 25.4 Å². The second-order valence-corrected chi connectivity index (χ2v) is 10.5. The van der Waals surface area contributed by atoms with E-state index in [4.69, 9.17) is 29.5 Å². The third kappa shape index (κ3) is 6.99. The summed E-state index contributed by atoms with van der Waals surface area (Å²) < 4.78 is 20.8. The summed E-state index contributed by atoms with van der Waals surface area (Å²) >= 11 is 2.51. The molecule has 3 rings (SSSR count). The molecule has 218 valence electrons. The van der Waals surface area contributed by atoms with Crippen LogP contribution in [0.25, 0.3) is 0 Å². The summed E-state index contributed by atoms with van der Waals surface area (Å²) in [5.74, 6) is -2.21. The molecular formula is C24H31N5O9S2. The fraction of sp³-hybridized carbons (Fsp3) is 0.500. The third-order valence-electron chi connectivity index (χ3n) is 5.86. The number of fused-ring (bicyclic) bond motifs is 1. The lowest BCUT2D eigenvalue weighted by Gasteiger charge is -2.49. The van der Waals surface area contributed by atoms with E-state index < -0.39 is 41.3 Å². The number of hydrogen-bond acceptors (Lipinski definition) is 14. The van der Waals surface area contributed by atoms with E-state index in [9.17, 15) is 19.2 Å². The van der Waals surface area contributed by atoms with Crippen LogP contribution in [0.3, 0.4) is 0 Å². The molecule has 16 heteroatoms. The number of oxime groups is 1. The normalized spacial score (nSPS) is 19.9. The van der Waals surface area contributed by atoms with Gasteiger partial charge >= 0.3 is 11.9 Å². The van der Waals surface area contributed by atoms with Gasteiger partial charge in [0.05, 0.1) is 12.2 Å². The fourth-order valence-corrected chi connectivity index (χ4v) is 5.61. The quantitative estimate of drug-likeness (QED) is 0.105. The summed E-state index contributed by atoms with van der Waals surface area (Å²) in [4.78, 5) is 61.6. The summed E-state index contributed by atoms with van der Waals surface area (Å²) in [5.41, 5.74) is 6.53. The van der Waals surface area contributed by atoms with Crippen molar-refractivity contribution in [2.75, 3.05) is 52.6 Å². The number of nitrogens with zero attached hydrogens (tertiary/aromatic N) is 3. The average molecular weight is 598 g/mol. The molecule has 2 aliphatic heterocycles. The first-order valence-electron chi connectivity index (χ1n) is 12.0. The minimum absolute atomic E-state index is 0.0420. The van der Waals surface area contributed by atoms with Crippen molar-refractivity contribution < 1.29 is 43.0 Å². The molecule has 2 aliphatic rings. The van der Waals surface area contributed by atoms with Crippen LogP contribution in [0, 0.1) is 0 Å². The highest BCUT2D eigenvalue weighted by Crippen LogP contribution is 2.40. The number of ether oxygens (including phenoxy) is 4. The van der Waals surface area contributed by atoms with Crippen LogP contribution in [0.2, 0.25) is 0 Å². The molecular weight excluding hydrogens is 566 g/mol. The Labute approximate surface area is 238 Å². The maximum atomic E-state index is 13.1. The van der Waals surface area contributed by atoms with Crippen molar-refractivity contribution >= 4 is 57.7 Å². The van der Waals surface area contributed by atoms with Crippen molar-refractivity contribution in [3.05, 3.63) is 34.0 Å². The van der Waals surface area contributed by atoms with Gasteiger partial charge < -0.3 is 34.8 Å². The lowest BCUT2D eigenvalue weighted by Crippen LogP contribution is -2.71. The van der Waals surface area contributed by atoms with Crippen molar-refractivity contribution in [3.63, 3.8) is 0 Å². The summed E-state index contributed by atoms with van der Waals surface area (Å²) in [7, 11) is 4.25. The number of hydrogen-bond donors (Lipinski definition) is 2. The van der Waals surface area contributed by atoms with Crippen molar-refractivity contribution in [1.29, 1.82) is 0 Å². The van der Waals surface area contributed by atoms with Gasteiger partial charge in [0.2, 0.25) is 0 Å². The molecule has 14 nitrogen and oxygen atoms in total. The first-order valence-corrected chi connectivity index (χ1v) is 13.9. The van der Waals surface area contributed by atoms with E-state index in [0.29, 0.717) is 11.3 Å². The summed E-state index contributed by atoms with van der Waals surface area (Å²) in [5, 5.41) is 7.60. The number of thiazole rings is 1. The SMILES string of the molecule is C/C=C(\COC(=O)C1=C(C)CS[C@@H]2[C@H](NC(=O)/C(=N\OC)c3csc(N)n3)C(=O)N12)C(=O)OCC(COC)OC. The van der Waals surface area contributed by atoms with Crippen molar-refractivity contribution in [2.45, 2.75) is 31.4 Å². The molecule has 40 heavy (non-hydrogen) atoms. The molecule has 0 aromatic carbocycles. The van der Waals surface area contributed by atoms with Gasteiger partial charge in [-0.05, 0) is 19.4 Å². The van der Waals surface area contributed by atoms with Crippen LogP contribution in [0.1, 0.15) is 19.5 Å². The largest absolute Gasteiger partial charge is 0.459 e. The molecule has 1 aromatic rings. The van der Waals surface area contributed by atoms with Crippen LogP contribution >= 0.6 is 23.1 Å². The second kappa shape index (κ2) is 14.2. The Morgan fingerprint density at radius 3 is 2.62 bits per heavy atom. The third-order valence-corrected chi connectivity index (χ3v) is 7.95. The number of rotatable bonds is 13. The highest BCUT2D eigenvalue weighted by Gasteiger charge is 2.54. The van der Waals surface area contributed by atoms with Gasteiger partial charge in [-0.3, -0.25) is 14.5 Å². The fourth-order valence-electron chi connectivity index (χ4n) is 3.77. The van der Waals surface area contributed by atoms with Gasteiger partial charge in [-0.1, -0.05) is 11.2 Å². The van der Waals surface area contributed by atoms with Gasteiger partial charge in [0.15, 0.2) is 10.8 Å². The minimum Gasteiger partial charge on any atom is -0.459 e. The number of nitrogens with two attached hydrogens (primary N) is 1.